The van der Waals surface area contributed by atoms with Crippen LogP contribution in [0.5, 0.6) is 0 Å². The Kier molecular flexibility index (Phi) is 3.86. The highest BCUT2D eigenvalue weighted by atomic mass is 16.5. The van der Waals surface area contributed by atoms with Crippen LogP contribution in [0.3, 0.4) is 0 Å². The molecule has 1 aliphatic heterocycles. The zero-order chi connectivity index (χ0) is 21.5. The molecule has 2 unspecified atom stereocenters. The highest BCUT2D eigenvalue weighted by Crippen LogP contribution is 2.63. The number of methoxy groups -OCH3 is 1. The van der Waals surface area contributed by atoms with E-state index in [4.69, 9.17) is 4.74 Å². The monoisotopic (exact) mass is 418 g/mol. The summed E-state index contributed by atoms with van der Waals surface area (Å²) in [6.45, 7) is 4.05. The Bertz CT molecular complexity index is 1070. The fourth-order valence-corrected chi connectivity index (χ4v) is 7.63. The third kappa shape index (κ3) is 2.43. The normalized spacial score (nSPS) is 35.4. The molecule has 4 saturated carbocycles. The number of hydrogen-bond acceptors (Lipinski definition) is 4. The van der Waals surface area contributed by atoms with E-state index in [1.807, 2.05) is 13.8 Å². The van der Waals surface area contributed by atoms with Crippen LogP contribution in [0.2, 0.25) is 0 Å². The van der Waals surface area contributed by atoms with E-state index >= 15 is 0 Å². The number of anilines is 1. The van der Waals surface area contributed by atoms with Crippen molar-refractivity contribution in [2.24, 2.45) is 23.2 Å². The van der Waals surface area contributed by atoms with Gasteiger partial charge in [0.25, 0.3) is 5.91 Å². The fraction of sp³-hybridized carbons (Fsp3) is 0.538. The smallest absolute Gasteiger partial charge is 0.311 e. The first-order chi connectivity index (χ1) is 14.9. The maximum atomic E-state index is 13.5. The lowest BCUT2D eigenvalue weighted by Gasteiger charge is -2.67. The number of hydrogen-bond donors (Lipinski definition) is 0. The molecule has 0 aromatic heterocycles. The van der Waals surface area contributed by atoms with Gasteiger partial charge < -0.3 is 4.74 Å². The minimum Gasteiger partial charge on any atom is -0.469 e. The van der Waals surface area contributed by atoms with Crippen LogP contribution in [0, 0.1) is 23.2 Å². The van der Waals surface area contributed by atoms with Gasteiger partial charge in [-0.3, -0.25) is 14.6 Å². The summed E-state index contributed by atoms with van der Waals surface area (Å²) in [5, 5.41) is 6.67. The third-order valence-electron chi connectivity index (χ3n) is 8.60. The summed E-state index contributed by atoms with van der Waals surface area (Å²) in [5.74, 6) is 1.48. The Morgan fingerprint density at radius 2 is 1.68 bits per heavy atom. The molecule has 31 heavy (non-hydrogen) atoms. The standard InChI is InChI=1S/C26H30N2O3/c1-25(2)23(29)27(28(25)21-10-6-8-17-7-4-5-9-20(17)21)22-18-11-16-12-19(22)15-26(13-16,14-18)24(30)31-3/h4-10,16,18-19,22H,11-15H2,1-3H3/t16?,18-,19?,22-,26+/m0/s1. The van der Waals surface area contributed by atoms with Crippen molar-refractivity contribution in [3.63, 3.8) is 0 Å². The molecule has 5 heteroatoms. The molecule has 1 heterocycles. The highest BCUT2D eigenvalue weighted by Gasteiger charge is 2.65. The van der Waals surface area contributed by atoms with E-state index < -0.39 is 5.54 Å². The quantitative estimate of drug-likeness (QED) is 0.686. The molecule has 7 rings (SSSR count). The highest BCUT2D eigenvalue weighted by molar-refractivity contribution is 6.03. The zero-order valence-corrected chi connectivity index (χ0v) is 18.5. The minimum atomic E-state index is -0.571. The summed E-state index contributed by atoms with van der Waals surface area (Å²) in [7, 11) is 1.52. The molecule has 4 bridgehead atoms. The zero-order valence-electron chi connectivity index (χ0n) is 18.5. The summed E-state index contributed by atoms with van der Waals surface area (Å²) in [5.41, 5.74) is 0.202. The van der Waals surface area contributed by atoms with E-state index in [0.717, 1.165) is 37.8 Å². The van der Waals surface area contributed by atoms with Crippen molar-refractivity contribution in [1.29, 1.82) is 0 Å². The van der Waals surface area contributed by atoms with Crippen LogP contribution in [-0.4, -0.2) is 35.6 Å². The second kappa shape index (κ2) is 6.24. The van der Waals surface area contributed by atoms with Gasteiger partial charge in [0.1, 0.15) is 5.54 Å². The van der Waals surface area contributed by atoms with Gasteiger partial charge in [0.05, 0.1) is 24.3 Å². The number of ether oxygens (including phenoxy) is 1. The van der Waals surface area contributed by atoms with Gasteiger partial charge in [0, 0.05) is 5.39 Å². The Labute approximate surface area is 183 Å². The second-order valence-electron chi connectivity index (χ2n) is 10.8. The van der Waals surface area contributed by atoms with Crippen molar-refractivity contribution in [3.8, 4) is 0 Å². The van der Waals surface area contributed by atoms with Crippen LogP contribution in [0.25, 0.3) is 10.8 Å². The molecule has 162 valence electrons. The molecule has 2 aromatic rings. The van der Waals surface area contributed by atoms with Crippen molar-refractivity contribution in [1.82, 2.24) is 5.01 Å². The lowest BCUT2D eigenvalue weighted by atomic mass is 9.47. The summed E-state index contributed by atoms with van der Waals surface area (Å²) in [4.78, 5) is 26.2. The third-order valence-corrected chi connectivity index (χ3v) is 8.60. The van der Waals surface area contributed by atoms with Gasteiger partial charge in [-0.1, -0.05) is 36.4 Å². The molecule has 1 saturated heterocycles. The SMILES string of the molecule is COC(=O)[C@@]12CC3CC(C1)[C@@H](N1C(=O)C(C)(C)N1c1cccc4ccccc14)[C@@H](C3)C2. The van der Waals surface area contributed by atoms with Gasteiger partial charge in [0.2, 0.25) is 0 Å². The van der Waals surface area contributed by atoms with Crippen molar-refractivity contribution in [2.75, 3.05) is 12.1 Å². The van der Waals surface area contributed by atoms with E-state index in [2.05, 4.69) is 52.5 Å². The van der Waals surface area contributed by atoms with Crippen LogP contribution < -0.4 is 5.01 Å². The largest absolute Gasteiger partial charge is 0.469 e. The number of carbonyl (C=O) groups excluding carboxylic acids is 2. The molecular weight excluding hydrogens is 388 g/mol. The Morgan fingerprint density at radius 1 is 1.00 bits per heavy atom. The number of carbonyl (C=O) groups is 2. The molecule has 0 N–H and O–H groups in total. The predicted molar refractivity (Wildman–Crippen MR) is 119 cm³/mol. The van der Waals surface area contributed by atoms with Gasteiger partial charge in [0.15, 0.2) is 0 Å². The van der Waals surface area contributed by atoms with Crippen LogP contribution in [-0.2, 0) is 14.3 Å². The van der Waals surface area contributed by atoms with Crippen molar-refractivity contribution in [3.05, 3.63) is 42.5 Å². The molecule has 0 spiro atoms. The van der Waals surface area contributed by atoms with Gasteiger partial charge in [-0.25, -0.2) is 5.01 Å². The van der Waals surface area contributed by atoms with Crippen LogP contribution in [0.15, 0.2) is 42.5 Å². The number of amides is 1. The summed E-state index contributed by atoms with van der Waals surface area (Å²) in [6.07, 6.45) is 4.91. The first-order valence-electron chi connectivity index (χ1n) is 11.6. The Balaban J connectivity index is 1.41. The molecule has 0 radical (unpaired) electrons. The van der Waals surface area contributed by atoms with E-state index in [-0.39, 0.29) is 23.3 Å². The van der Waals surface area contributed by atoms with Crippen LogP contribution in [0.4, 0.5) is 5.69 Å². The van der Waals surface area contributed by atoms with E-state index in [9.17, 15) is 9.59 Å². The van der Waals surface area contributed by atoms with Crippen LogP contribution >= 0.6 is 0 Å². The first kappa shape index (κ1) is 19.1. The second-order valence-corrected chi connectivity index (χ2v) is 10.8. The number of fused-ring (bicyclic) bond motifs is 1. The van der Waals surface area contributed by atoms with Gasteiger partial charge in [-0.2, -0.15) is 0 Å². The van der Waals surface area contributed by atoms with Crippen molar-refractivity contribution < 1.29 is 14.3 Å². The van der Waals surface area contributed by atoms with E-state index in [0.29, 0.717) is 17.8 Å². The molecular formula is C26H30N2O3. The molecule has 5 atom stereocenters. The number of benzene rings is 2. The summed E-state index contributed by atoms with van der Waals surface area (Å²) in [6, 6.07) is 14.9. The predicted octanol–water partition coefficient (Wildman–Crippen LogP) is 4.55. The molecule has 5 fully saturated rings. The van der Waals surface area contributed by atoms with Crippen LogP contribution in [0.1, 0.15) is 46.0 Å². The van der Waals surface area contributed by atoms with Crippen molar-refractivity contribution in [2.45, 2.75) is 57.5 Å². The van der Waals surface area contributed by atoms with Crippen molar-refractivity contribution >= 4 is 28.3 Å². The number of hydrazine groups is 1. The number of esters is 1. The Hall–Kier alpha value is -2.56. The van der Waals surface area contributed by atoms with E-state index in [1.165, 1.54) is 17.9 Å². The summed E-state index contributed by atoms with van der Waals surface area (Å²) < 4.78 is 5.23. The van der Waals surface area contributed by atoms with Gasteiger partial charge >= 0.3 is 5.97 Å². The maximum absolute atomic E-state index is 13.5. The van der Waals surface area contributed by atoms with Gasteiger partial charge in [-0.15, -0.1) is 0 Å². The Morgan fingerprint density at radius 3 is 2.39 bits per heavy atom. The first-order valence-corrected chi connectivity index (χ1v) is 11.6. The maximum Gasteiger partial charge on any atom is 0.311 e. The topological polar surface area (TPSA) is 49.9 Å². The molecule has 5 aliphatic rings. The average molecular weight is 419 g/mol. The number of nitrogens with zero attached hydrogens (tertiary/aromatic N) is 2. The number of rotatable bonds is 3. The average Bonchev–Trinajstić information content (AvgIpc) is 2.76. The molecule has 2 aromatic carbocycles. The summed E-state index contributed by atoms with van der Waals surface area (Å²) >= 11 is 0. The molecule has 1 amide bonds. The molecule has 4 aliphatic carbocycles. The van der Waals surface area contributed by atoms with E-state index in [1.54, 1.807) is 0 Å². The molecule has 5 nitrogen and oxygen atoms in total. The fourth-order valence-electron chi connectivity index (χ4n) is 7.63. The van der Waals surface area contributed by atoms with Gasteiger partial charge in [-0.05, 0) is 75.2 Å². The minimum absolute atomic E-state index is 0.0356. The lowest BCUT2D eigenvalue weighted by molar-refractivity contribution is -0.189. The lowest BCUT2D eigenvalue weighted by Crippen LogP contribution is -2.80.